The molecule has 23 N–H and O–H groups in total. The van der Waals surface area contributed by atoms with Gasteiger partial charge >= 0.3 is 0 Å². The van der Waals surface area contributed by atoms with Gasteiger partial charge in [-0.05, 0) is 0 Å². The summed E-state index contributed by atoms with van der Waals surface area (Å²) in [6.07, 6.45) is -61.0. The van der Waals surface area contributed by atoms with Gasteiger partial charge in [-0.2, -0.15) is 0 Å². The van der Waals surface area contributed by atoms with Crippen molar-refractivity contribution in [3.05, 3.63) is 0 Å². The Morgan fingerprint density at radius 3 is 1.03 bits per heavy atom. The van der Waals surface area contributed by atoms with Gasteiger partial charge in [0, 0.05) is 27.7 Å². The maximum atomic E-state index is 12.8. The van der Waals surface area contributed by atoms with E-state index >= 15 is 0 Å². The van der Waals surface area contributed by atoms with Crippen molar-refractivity contribution in [2.75, 3.05) is 46.2 Å². The monoisotopic (exact) mass is 1320 g/mol. The van der Waals surface area contributed by atoms with Gasteiger partial charge in [0.1, 0.15) is 171 Å². The molecule has 7 aliphatic heterocycles. The highest BCUT2D eigenvalue weighted by atomic mass is 16.8. The van der Waals surface area contributed by atoms with Crippen molar-refractivity contribution in [1.82, 2.24) is 21.3 Å². The first kappa shape index (κ1) is 74.0. The Bertz CT molecular complexity index is 2310. The van der Waals surface area contributed by atoms with Crippen molar-refractivity contribution < 1.29 is 178 Å². The number of aliphatic hydroxyl groups excluding tert-OH is 19. The lowest BCUT2D eigenvalue weighted by Gasteiger charge is -2.50. The molecule has 90 heavy (non-hydrogen) atoms. The predicted molar refractivity (Wildman–Crippen MR) is 278 cm³/mol. The molecule has 0 bridgehead atoms. The summed E-state index contributed by atoms with van der Waals surface area (Å²) in [5.74, 6) is -3.21. The average Bonchev–Trinajstić information content (AvgIpc) is 0.831. The largest absolute Gasteiger partial charge is 0.394 e. The highest BCUT2D eigenvalue weighted by molar-refractivity contribution is 5.74. The maximum absolute atomic E-state index is 12.8. The van der Waals surface area contributed by atoms with Crippen LogP contribution in [-0.2, 0) is 80.8 Å². The van der Waals surface area contributed by atoms with Gasteiger partial charge in [-0.3, -0.25) is 19.2 Å². The number of nitrogens with one attached hydrogen (secondary N) is 4. The Morgan fingerprint density at radius 1 is 0.289 bits per heavy atom. The summed E-state index contributed by atoms with van der Waals surface area (Å²) in [5, 5.41) is 218. The van der Waals surface area contributed by atoms with E-state index in [0.29, 0.717) is 0 Å². The Kier molecular flexibility index (Phi) is 26.6. The molecule has 7 rings (SSSR count). The van der Waals surface area contributed by atoms with E-state index in [-0.39, 0.29) is 0 Å². The first-order valence-corrected chi connectivity index (χ1v) is 28.6. The van der Waals surface area contributed by atoms with Crippen molar-refractivity contribution in [3.8, 4) is 0 Å². The van der Waals surface area contributed by atoms with Gasteiger partial charge in [-0.15, -0.1) is 0 Å². The van der Waals surface area contributed by atoms with E-state index in [1.54, 1.807) is 0 Å². The number of carbonyl (C=O) groups excluding carboxylic acids is 4. The van der Waals surface area contributed by atoms with Crippen LogP contribution in [0.5, 0.6) is 0 Å². The summed E-state index contributed by atoms with van der Waals surface area (Å²) in [4.78, 5) is 49.2. The number of ether oxygens (including phenoxy) is 13. The topological polar surface area (TPSA) is 621 Å². The molecule has 4 amide bonds. The third kappa shape index (κ3) is 16.4. The molecular formula is C50H84N4O36. The SMILES string of the molecule is CC(=O)N[C@@H]1[C@@H](O)[C@H](O[C@@H]2O[C@H](CO)[C@@H](O[C@@H]3O[C@H](CO[C@H]4O[C@H](CO)[C@@H](O)[C@H](O)[C@@H]4O[C@@H]4O[C@H](CO)[C@@H](O)[C@H](O)[C@H]4NC(C)=O)[C@@H](O)[C@H](O[C@H]4O[C@H](CO)[C@@H](O[C@@H]5O[C@H](CO)[C@@H](O)[C@H](O)[C@H]5NC(C)=O)[C@H](O)[C@@H]4O)[C@@H]3O)[C@H](O)[C@H]2NC(C)=O)[C@@H](CO)O[C@H]1O. The summed E-state index contributed by atoms with van der Waals surface area (Å²) in [5.41, 5.74) is 0. The van der Waals surface area contributed by atoms with Crippen LogP contribution < -0.4 is 21.3 Å². The molecule has 40 nitrogen and oxygen atoms in total. The molecular weight excluding hydrogens is 1230 g/mol. The molecule has 520 valence electrons. The first-order chi connectivity index (χ1) is 42.5. The summed E-state index contributed by atoms with van der Waals surface area (Å²) in [6.45, 7) is -3.00. The van der Waals surface area contributed by atoms with Crippen LogP contribution in [0.1, 0.15) is 27.7 Å². The minimum absolute atomic E-state index is 0.747. The molecule has 0 saturated carbocycles. The van der Waals surface area contributed by atoms with E-state index in [1.165, 1.54) is 0 Å². The molecule has 7 heterocycles. The quantitative estimate of drug-likeness (QED) is 0.0452. The summed E-state index contributed by atoms with van der Waals surface area (Å²) >= 11 is 0. The summed E-state index contributed by atoms with van der Waals surface area (Å²) in [6, 6.07) is -6.69. The lowest BCUT2D eigenvalue weighted by Crippen LogP contribution is -2.70. The number of hydrogen-bond acceptors (Lipinski definition) is 36. The number of amides is 4. The van der Waals surface area contributed by atoms with Crippen LogP contribution in [0.25, 0.3) is 0 Å². The van der Waals surface area contributed by atoms with Gasteiger partial charge in [0.05, 0.1) is 46.2 Å². The van der Waals surface area contributed by atoms with E-state index in [1.807, 2.05) is 0 Å². The zero-order chi connectivity index (χ0) is 66.5. The number of aliphatic hydroxyl groups is 19. The third-order valence-electron chi connectivity index (χ3n) is 16.1. The van der Waals surface area contributed by atoms with Crippen LogP contribution in [-0.4, -0.2) is 382 Å². The molecule has 0 aromatic heterocycles. The van der Waals surface area contributed by atoms with Crippen molar-refractivity contribution in [3.63, 3.8) is 0 Å². The molecule has 0 spiro atoms. The van der Waals surface area contributed by atoms with Gasteiger partial charge < -0.3 is 180 Å². The lowest BCUT2D eigenvalue weighted by atomic mass is 9.94. The normalized spacial score (nSPS) is 47.6. The number of rotatable bonds is 23. The molecule has 0 unspecified atom stereocenters. The minimum atomic E-state index is -2.41. The third-order valence-corrected chi connectivity index (χ3v) is 16.1. The second-order valence-corrected chi connectivity index (χ2v) is 22.5. The molecule has 0 radical (unpaired) electrons. The minimum Gasteiger partial charge on any atom is -0.394 e. The standard InChI is InChI=1S/C50H84N4O36/c1-12(61)51-23-33(71)39(19(8-58)79-44(23)77)86-47-26(54-15(4)64)34(72)40(20(9-59)83-47)88-49-38(76)42(89-48-37(75)36(74)41(21(10-60)84-48)87-45-24(52-13(2)62)31(69)27(65)16(5-55)80-45)30(68)22(85-49)11-78-50-43(35(73)29(67)18(7-57)82-50)90-46-25(53-14(3)63)32(70)28(66)17(6-56)81-46/h16-50,55-60,65-77H,5-11H2,1-4H3,(H,51,61)(H,52,62)(H,53,63)(H,54,64)/t16-,17-,18-,19-,20-,21-,22-,23-,24-,25-,26-,27-,28-,29-,30-,31-,32-,33-,34-,35+,36-,37+,38+,39-,40-,41-,42+,43+,44-,45+,46+,47+,48-,49+,50+/m1/s1. The highest BCUT2D eigenvalue weighted by Crippen LogP contribution is 2.38. The molecule has 0 aromatic rings. The molecule has 7 saturated heterocycles. The van der Waals surface area contributed by atoms with E-state index in [0.717, 1.165) is 27.7 Å². The Balaban J connectivity index is 1.20. The predicted octanol–water partition coefficient (Wildman–Crippen LogP) is -15.7. The number of hydrogen-bond donors (Lipinski definition) is 23. The van der Waals surface area contributed by atoms with Crippen molar-refractivity contribution in [2.45, 2.75) is 242 Å². The Morgan fingerprint density at radius 2 is 0.589 bits per heavy atom. The smallest absolute Gasteiger partial charge is 0.217 e. The molecule has 0 aromatic carbocycles. The highest BCUT2D eigenvalue weighted by Gasteiger charge is 2.59. The molecule has 7 aliphatic rings. The Hall–Kier alpha value is -3.40. The van der Waals surface area contributed by atoms with E-state index in [9.17, 15) is 116 Å². The van der Waals surface area contributed by atoms with Gasteiger partial charge in [0.25, 0.3) is 0 Å². The van der Waals surface area contributed by atoms with Crippen LogP contribution in [0.2, 0.25) is 0 Å². The van der Waals surface area contributed by atoms with Crippen molar-refractivity contribution in [1.29, 1.82) is 0 Å². The van der Waals surface area contributed by atoms with Crippen LogP contribution in [0, 0.1) is 0 Å². The number of carbonyl (C=O) groups is 4. The van der Waals surface area contributed by atoms with Gasteiger partial charge in [-0.1, -0.05) is 0 Å². The van der Waals surface area contributed by atoms with E-state index in [4.69, 9.17) is 61.6 Å². The summed E-state index contributed by atoms with van der Waals surface area (Å²) in [7, 11) is 0. The van der Waals surface area contributed by atoms with Crippen LogP contribution >= 0.6 is 0 Å². The van der Waals surface area contributed by atoms with E-state index < -0.39 is 285 Å². The van der Waals surface area contributed by atoms with E-state index in [2.05, 4.69) is 21.3 Å². The van der Waals surface area contributed by atoms with Crippen LogP contribution in [0.4, 0.5) is 0 Å². The van der Waals surface area contributed by atoms with Crippen LogP contribution in [0.3, 0.4) is 0 Å². The van der Waals surface area contributed by atoms with Crippen LogP contribution in [0.15, 0.2) is 0 Å². The zero-order valence-electron chi connectivity index (χ0n) is 48.6. The molecule has 0 aliphatic carbocycles. The Labute approximate surface area is 510 Å². The average molecular weight is 1320 g/mol. The second kappa shape index (κ2) is 32.4. The fourth-order valence-corrected chi connectivity index (χ4v) is 11.5. The van der Waals surface area contributed by atoms with Crippen molar-refractivity contribution >= 4 is 23.6 Å². The fraction of sp³-hybridized carbons (Fsp3) is 0.920. The van der Waals surface area contributed by atoms with Gasteiger partial charge in [0.2, 0.25) is 23.6 Å². The van der Waals surface area contributed by atoms with Gasteiger partial charge in [-0.25, -0.2) is 0 Å². The first-order valence-electron chi connectivity index (χ1n) is 28.6. The maximum Gasteiger partial charge on any atom is 0.217 e. The molecule has 35 atom stereocenters. The lowest BCUT2D eigenvalue weighted by molar-refractivity contribution is -0.391. The fourth-order valence-electron chi connectivity index (χ4n) is 11.5. The second-order valence-electron chi connectivity index (χ2n) is 22.5. The zero-order valence-corrected chi connectivity index (χ0v) is 48.6. The molecule has 40 heteroatoms. The summed E-state index contributed by atoms with van der Waals surface area (Å²) < 4.78 is 76.1. The van der Waals surface area contributed by atoms with Gasteiger partial charge in [0.15, 0.2) is 44.0 Å². The molecule has 7 fully saturated rings. The van der Waals surface area contributed by atoms with Crippen molar-refractivity contribution in [2.24, 2.45) is 0 Å².